The van der Waals surface area contributed by atoms with Gasteiger partial charge in [0.05, 0.1) is 0 Å². The molecule has 0 bridgehead atoms. The first-order chi connectivity index (χ1) is 10.1. The maximum Gasteiger partial charge on any atom is 0.242 e. The highest BCUT2D eigenvalue weighted by atomic mass is 16.2. The monoisotopic (exact) mass is 293 g/mol. The van der Waals surface area contributed by atoms with Crippen LogP contribution in [0.15, 0.2) is 0 Å². The molecule has 2 heterocycles. The van der Waals surface area contributed by atoms with Gasteiger partial charge in [0.2, 0.25) is 23.8 Å². The van der Waals surface area contributed by atoms with Gasteiger partial charge in [-0.25, -0.2) is 0 Å². The van der Waals surface area contributed by atoms with Crippen molar-refractivity contribution >= 4 is 23.8 Å². The van der Waals surface area contributed by atoms with Crippen LogP contribution in [0.1, 0.15) is 19.3 Å². The Labute approximate surface area is 125 Å². The molecule has 2 rings (SSSR count). The fourth-order valence-electron chi connectivity index (χ4n) is 2.40. The summed E-state index contributed by atoms with van der Waals surface area (Å²) >= 11 is 0. The van der Waals surface area contributed by atoms with Gasteiger partial charge in [0.1, 0.15) is 6.04 Å². The fraction of sp³-hybridized carbons (Fsp3) is 0.692. The highest BCUT2D eigenvalue weighted by Gasteiger charge is 2.30. The molecule has 8 nitrogen and oxygen atoms in total. The molecule has 2 N–H and O–H groups in total. The van der Waals surface area contributed by atoms with Gasteiger partial charge in [0.25, 0.3) is 0 Å². The zero-order chi connectivity index (χ0) is 15.4. The minimum atomic E-state index is -0.217. The molecule has 1 saturated heterocycles. The van der Waals surface area contributed by atoms with Crippen LogP contribution in [0.2, 0.25) is 0 Å². The van der Waals surface area contributed by atoms with Gasteiger partial charge >= 0.3 is 0 Å². The number of amides is 1. The average molecular weight is 293 g/mol. The van der Waals surface area contributed by atoms with Crippen molar-refractivity contribution < 1.29 is 4.79 Å². The van der Waals surface area contributed by atoms with Crippen molar-refractivity contribution in [2.24, 2.45) is 0 Å². The van der Waals surface area contributed by atoms with E-state index >= 15 is 0 Å². The second-order valence-electron chi connectivity index (χ2n) is 5.22. The third kappa shape index (κ3) is 3.32. The van der Waals surface area contributed by atoms with Crippen LogP contribution in [0.5, 0.6) is 0 Å². The first kappa shape index (κ1) is 15.3. The minimum absolute atomic E-state index is 0.00697. The molecule has 0 spiro atoms. The number of anilines is 3. The number of piperidine rings is 1. The van der Waals surface area contributed by atoms with Crippen molar-refractivity contribution in [3.63, 3.8) is 0 Å². The number of hydrogen-bond acceptors (Lipinski definition) is 7. The maximum absolute atomic E-state index is 12.1. The van der Waals surface area contributed by atoms with Crippen LogP contribution < -0.4 is 20.4 Å². The molecule has 1 fully saturated rings. The number of nitrogens with zero attached hydrogens (tertiary/aromatic N) is 5. The number of hydrogen-bond donors (Lipinski definition) is 2. The van der Waals surface area contributed by atoms with Crippen LogP contribution in [-0.2, 0) is 4.79 Å². The van der Waals surface area contributed by atoms with Crippen molar-refractivity contribution in [3.05, 3.63) is 0 Å². The van der Waals surface area contributed by atoms with Crippen molar-refractivity contribution in [2.75, 3.05) is 49.9 Å². The lowest BCUT2D eigenvalue weighted by molar-refractivity contribution is -0.122. The summed E-state index contributed by atoms with van der Waals surface area (Å²) in [5.74, 6) is 1.63. The van der Waals surface area contributed by atoms with E-state index in [9.17, 15) is 4.79 Å². The molecule has 1 aromatic heterocycles. The van der Waals surface area contributed by atoms with Crippen LogP contribution in [0.4, 0.5) is 17.8 Å². The fourth-order valence-corrected chi connectivity index (χ4v) is 2.40. The van der Waals surface area contributed by atoms with E-state index in [0.717, 1.165) is 25.8 Å². The lowest BCUT2D eigenvalue weighted by Gasteiger charge is -2.34. The smallest absolute Gasteiger partial charge is 0.242 e. The molecule has 1 unspecified atom stereocenters. The van der Waals surface area contributed by atoms with Gasteiger partial charge in [-0.1, -0.05) is 0 Å². The largest absolute Gasteiger partial charge is 0.357 e. The van der Waals surface area contributed by atoms with Gasteiger partial charge in [-0.3, -0.25) is 4.79 Å². The van der Waals surface area contributed by atoms with E-state index < -0.39 is 0 Å². The summed E-state index contributed by atoms with van der Waals surface area (Å²) in [6, 6.07) is -0.217. The average Bonchev–Trinajstić information content (AvgIpc) is 2.53. The molecule has 0 aliphatic carbocycles. The molecule has 1 amide bonds. The summed E-state index contributed by atoms with van der Waals surface area (Å²) in [6.45, 7) is 0.776. The first-order valence-electron chi connectivity index (χ1n) is 7.16. The number of nitrogens with one attached hydrogen (secondary N) is 2. The van der Waals surface area contributed by atoms with E-state index in [1.54, 1.807) is 14.1 Å². The van der Waals surface area contributed by atoms with Gasteiger partial charge in [-0.2, -0.15) is 15.0 Å². The van der Waals surface area contributed by atoms with E-state index in [-0.39, 0.29) is 11.9 Å². The normalized spacial score (nSPS) is 18.3. The van der Waals surface area contributed by atoms with E-state index in [1.165, 1.54) is 0 Å². The van der Waals surface area contributed by atoms with Gasteiger partial charge in [-0.05, 0) is 19.3 Å². The zero-order valence-corrected chi connectivity index (χ0v) is 13.1. The Bertz CT molecular complexity index is 505. The molecule has 1 atom stereocenters. The molecule has 1 aliphatic rings. The van der Waals surface area contributed by atoms with Gasteiger partial charge in [-0.15, -0.1) is 0 Å². The molecule has 0 radical (unpaired) electrons. The van der Waals surface area contributed by atoms with Crippen molar-refractivity contribution in [3.8, 4) is 0 Å². The molecule has 0 saturated carbocycles. The van der Waals surface area contributed by atoms with Crippen molar-refractivity contribution in [2.45, 2.75) is 25.3 Å². The first-order valence-corrected chi connectivity index (χ1v) is 7.16. The Kier molecular flexibility index (Phi) is 4.77. The van der Waals surface area contributed by atoms with E-state index in [1.807, 2.05) is 23.9 Å². The Morgan fingerprint density at radius 1 is 1.24 bits per heavy atom. The Morgan fingerprint density at radius 3 is 2.62 bits per heavy atom. The molecule has 21 heavy (non-hydrogen) atoms. The second kappa shape index (κ2) is 6.55. The lowest BCUT2D eigenvalue weighted by Crippen LogP contribution is -2.49. The SMILES string of the molecule is CNC(=O)C1CCCCN1c1nc(NC)nc(N(C)C)n1. The summed E-state index contributed by atoms with van der Waals surface area (Å²) in [5.41, 5.74) is 0. The van der Waals surface area contributed by atoms with Crippen molar-refractivity contribution in [1.82, 2.24) is 20.3 Å². The molecular formula is C13H23N7O. The third-order valence-corrected chi connectivity index (χ3v) is 3.54. The van der Waals surface area contributed by atoms with Gasteiger partial charge in [0, 0.05) is 34.7 Å². The predicted molar refractivity (Wildman–Crippen MR) is 82.8 cm³/mol. The van der Waals surface area contributed by atoms with Gasteiger partial charge in [0.15, 0.2) is 0 Å². The molecular weight excluding hydrogens is 270 g/mol. The number of aromatic nitrogens is 3. The second-order valence-corrected chi connectivity index (χ2v) is 5.22. The minimum Gasteiger partial charge on any atom is -0.357 e. The zero-order valence-electron chi connectivity index (χ0n) is 13.1. The number of likely N-dealkylation sites (N-methyl/N-ethyl adjacent to an activating group) is 1. The number of carbonyl (C=O) groups is 1. The van der Waals surface area contributed by atoms with E-state index in [0.29, 0.717) is 17.8 Å². The van der Waals surface area contributed by atoms with Crippen LogP contribution in [-0.4, -0.2) is 61.6 Å². The Balaban J connectivity index is 2.37. The number of carbonyl (C=O) groups excluding carboxylic acids is 1. The summed E-state index contributed by atoms with van der Waals surface area (Å²) in [5, 5.41) is 5.67. The Morgan fingerprint density at radius 2 is 2.00 bits per heavy atom. The van der Waals surface area contributed by atoms with E-state index in [2.05, 4.69) is 25.6 Å². The standard InChI is InChI=1S/C13H23N7O/c1-14-10(21)9-7-5-6-8-20(9)13-17-11(15-2)16-12(18-13)19(3)4/h9H,5-8H2,1-4H3,(H,14,21)(H,15,16,17,18). The van der Waals surface area contributed by atoms with E-state index in [4.69, 9.17) is 0 Å². The molecule has 1 aromatic rings. The lowest BCUT2D eigenvalue weighted by atomic mass is 10.0. The molecule has 1 aliphatic heterocycles. The highest BCUT2D eigenvalue weighted by Crippen LogP contribution is 2.24. The Hall–Kier alpha value is -2.12. The molecule has 8 heteroatoms. The van der Waals surface area contributed by atoms with Crippen LogP contribution >= 0.6 is 0 Å². The van der Waals surface area contributed by atoms with Crippen LogP contribution in [0, 0.1) is 0 Å². The molecule has 0 aromatic carbocycles. The highest BCUT2D eigenvalue weighted by molar-refractivity contribution is 5.84. The summed E-state index contributed by atoms with van der Waals surface area (Å²) < 4.78 is 0. The quantitative estimate of drug-likeness (QED) is 0.813. The summed E-state index contributed by atoms with van der Waals surface area (Å²) in [6.07, 6.45) is 2.89. The van der Waals surface area contributed by atoms with Crippen molar-refractivity contribution in [1.29, 1.82) is 0 Å². The van der Waals surface area contributed by atoms with Gasteiger partial charge < -0.3 is 20.4 Å². The van der Waals surface area contributed by atoms with Crippen LogP contribution in [0.3, 0.4) is 0 Å². The topological polar surface area (TPSA) is 86.3 Å². The summed E-state index contributed by atoms with van der Waals surface area (Å²) in [7, 11) is 7.19. The molecule has 116 valence electrons. The third-order valence-electron chi connectivity index (χ3n) is 3.54. The summed E-state index contributed by atoms with van der Waals surface area (Å²) in [4.78, 5) is 29.1. The maximum atomic E-state index is 12.1. The van der Waals surface area contributed by atoms with Crippen LogP contribution in [0.25, 0.3) is 0 Å². The predicted octanol–water partition coefficient (Wildman–Crippen LogP) is 0.0842. The number of rotatable bonds is 4.